The van der Waals surface area contributed by atoms with Gasteiger partial charge in [-0.2, -0.15) is 0 Å². The predicted octanol–water partition coefficient (Wildman–Crippen LogP) is 5.88. The lowest BCUT2D eigenvalue weighted by molar-refractivity contribution is 0.0907. The summed E-state index contributed by atoms with van der Waals surface area (Å²) in [6.07, 6.45) is 4.74. The van der Waals surface area contributed by atoms with Crippen molar-refractivity contribution in [3.05, 3.63) is 70.2 Å². The molecule has 0 bridgehead atoms. The number of likely N-dealkylation sites (tertiary alicyclic amines) is 1. The first-order valence-electron chi connectivity index (χ1n) is 10.5. The third-order valence-corrected chi connectivity index (χ3v) is 6.25. The molecule has 4 nitrogen and oxygen atoms in total. The van der Waals surface area contributed by atoms with Crippen LogP contribution >= 0.6 is 11.6 Å². The molecule has 2 heterocycles. The van der Waals surface area contributed by atoms with Gasteiger partial charge in [-0.3, -0.25) is 9.69 Å². The number of halogens is 2. The summed E-state index contributed by atoms with van der Waals surface area (Å²) in [5.41, 5.74) is 2.17. The fourth-order valence-corrected chi connectivity index (χ4v) is 4.53. The molecule has 158 valence electrons. The summed E-state index contributed by atoms with van der Waals surface area (Å²) in [4.78, 5) is 15.4. The molecule has 0 saturated carbocycles. The first kappa shape index (κ1) is 20.9. The summed E-state index contributed by atoms with van der Waals surface area (Å²) < 4.78 is 19.3. The van der Waals surface area contributed by atoms with Gasteiger partial charge in [-0.25, -0.2) is 4.39 Å². The maximum Gasteiger partial charge on any atom is 0.287 e. The maximum absolute atomic E-state index is 13.6. The molecule has 3 aromatic rings. The van der Waals surface area contributed by atoms with Gasteiger partial charge < -0.3 is 9.73 Å². The van der Waals surface area contributed by atoms with Gasteiger partial charge in [-0.05, 0) is 62.7 Å². The van der Waals surface area contributed by atoms with Crippen LogP contribution in [0.3, 0.4) is 0 Å². The second kappa shape index (κ2) is 9.19. The molecule has 0 radical (unpaired) electrons. The number of hydrogen-bond donors (Lipinski definition) is 1. The second-order valence-electron chi connectivity index (χ2n) is 7.89. The van der Waals surface area contributed by atoms with Gasteiger partial charge in [0, 0.05) is 22.5 Å². The van der Waals surface area contributed by atoms with E-state index in [0.29, 0.717) is 28.1 Å². The quantitative estimate of drug-likeness (QED) is 0.551. The van der Waals surface area contributed by atoms with E-state index in [4.69, 9.17) is 16.0 Å². The van der Waals surface area contributed by atoms with Crippen LogP contribution in [0.25, 0.3) is 11.0 Å². The Balaban J connectivity index is 1.57. The van der Waals surface area contributed by atoms with Crippen LogP contribution < -0.4 is 5.32 Å². The number of nitrogens with zero attached hydrogens (tertiary/aromatic N) is 1. The van der Waals surface area contributed by atoms with Gasteiger partial charge in [0.15, 0.2) is 5.76 Å². The minimum atomic E-state index is -0.349. The van der Waals surface area contributed by atoms with E-state index in [0.717, 1.165) is 31.5 Å². The number of benzene rings is 2. The topological polar surface area (TPSA) is 45.5 Å². The Hall–Kier alpha value is -2.37. The van der Waals surface area contributed by atoms with Crippen molar-refractivity contribution < 1.29 is 13.6 Å². The van der Waals surface area contributed by atoms with Crippen molar-refractivity contribution in [1.82, 2.24) is 10.2 Å². The van der Waals surface area contributed by atoms with E-state index in [1.807, 2.05) is 24.3 Å². The first-order chi connectivity index (χ1) is 14.5. The van der Waals surface area contributed by atoms with Crippen LogP contribution in [0.5, 0.6) is 0 Å². The highest BCUT2D eigenvalue weighted by Gasteiger charge is 2.25. The van der Waals surface area contributed by atoms with Crippen molar-refractivity contribution in [3.8, 4) is 0 Å². The lowest BCUT2D eigenvalue weighted by atomic mass is 10.0. The van der Waals surface area contributed by atoms with Crippen molar-refractivity contribution in [1.29, 1.82) is 0 Å². The van der Waals surface area contributed by atoms with E-state index in [1.54, 1.807) is 13.0 Å². The van der Waals surface area contributed by atoms with Gasteiger partial charge in [-0.15, -0.1) is 0 Å². The van der Waals surface area contributed by atoms with Gasteiger partial charge in [0.05, 0.1) is 6.04 Å². The van der Waals surface area contributed by atoms with Crippen LogP contribution in [-0.2, 0) is 0 Å². The van der Waals surface area contributed by atoms with E-state index in [1.165, 1.54) is 25.0 Å². The standard InChI is InChI=1S/C24H26ClFN2O2/c1-16-19-14-17(26)10-11-22(19)30-23(16)24(29)27-15-21(18-8-4-5-9-20(18)25)28-12-6-2-3-7-13-28/h4-5,8-11,14,21H,2-3,6-7,12-13,15H2,1H3,(H,27,29)/t21-/m0/s1. The summed E-state index contributed by atoms with van der Waals surface area (Å²) in [7, 11) is 0. The van der Waals surface area contributed by atoms with E-state index in [9.17, 15) is 9.18 Å². The number of carbonyl (C=O) groups excluding carboxylic acids is 1. The van der Waals surface area contributed by atoms with Crippen molar-refractivity contribution in [2.75, 3.05) is 19.6 Å². The van der Waals surface area contributed by atoms with Crippen LogP contribution in [0.1, 0.15) is 53.4 Å². The zero-order valence-corrected chi connectivity index (χ0v) is 17.8. The molecule has 2 aromatic carbocycles. The highest BCUT2D eigenvalue weighted by Crippen LogP contribution is 2.30. The molecule has 1 aliphatic heterocycles. The lowest BCUT2D eigenvalue weighted by Gasteiger charge is -2.31. The third kappa shape index (κ3) is 4.37. The molecule has 30 heavy (non-hydrogen) atoms. The number of aryl methyl sites for hydroxylation is 1. The minimum Gasteiger partial charge on any atom is -0.451 e. The molecule has 1 saturated heterocycles. The first-order valence-corrected chi connectivity index (χ1v) is 10.9. The Kier molecular flexibility index (Phi) is 6.40. The number of fused-ring (bicyclic) bond motifs is 1. The number of rotatable bonds is 5. The molecule has 1 aromatic heterocycles. The zero-order chi connectivity index (χ0) is 21.1. The van der Waals surface area contributed by atoms with E-state index in [2.05, 4.69) is 10.2 Å². The number of hydrogen-bond acceptors (Lipinski definition) is 3. The SMILES string of the molecule is Cc1c(C(=O)NC[C@@H](c2ccccc2Cl)N2CCCCCC2)oc2ccc(F)cc12. The summed E-state index contributed by atoms with van der Waals surface area (Å²) in [6, 6.07) is 12.1. The second-order valence-corrected chi connectivity index (χ2v) is 8.30. The van der Waals surface area contributed by atoms with Crippen LogP contribution in [0.4, 0.5) is 4.39 Å². The van der Waals surface area contributed by atoms with Gasteiger partial charge in [0.2, 0.25) is 0 Å². The summed E-state index contributed by atoms with van der Waals surface area (Å²) in [6.45, 7) is 4.16. The normalized spacial score (nSPS) is 16.4. The maximum atomic E-state index is 13.6. The number of nitrogens with one attached hydrogen (secondary N) is 1. The van der Waals surface area contributed by atoms with E-state index < -0.39 is 0 Å². The van der Waals surface area contributed by atoms with Crippen LogP contribution in [-0.4, -0.2) is 30.4 Å². The van der Waals surface area contributed by atoms with Crippen molar-refractivity contribution in [2.45, 2.75) is 38.6 Å². The zero-order valence-electron chi connectivity index (χ0n) is 17.1. The average molecular weight is 429 g/mol. The fraction of sp³-hybridized carbons (Fsp3) is 0.375. The molecular formula is C24H26ClFN2O2. The molecule has 0 aliphatic carbocycles. The number of carbonyl (C=O) groups is 1. The molecule has 6 heteroatoms. The molecule has 1 atom stereocenters. The van der Waals surface area contributed by atoms with Gasteiger partial charge in [0.1, 0.15) is 11.4 Å². The molecule has 0 spiro atoms. The molecule has 1 aliphatic rings. The lowest BCUT2D eigenvalue weighted by Crippen LogP contribution is -2.39. The van der Waals surface area contributed by atoms with Crippen molar-refractivity contribution >= 4 is 28.5 Å². The average Bonchev–Trinajstić information content (AvgIpc) is 2.91. The molecule has 0 unspecified atom stereocenters. The van der Waals surface area contributed by atoms with Gasteiger partial charge in [0.25, 0.3) is 5.91 Å². The Labute approximate surface area is 181 Å². The van der Waals surface area contributed by atoms with Crippen LogP contribution in [0.2, 0.25) is 5.02 Å². The van der Waals surface area contributed by atoms with Crippen molar-refractivity contribution in [2.24, 2.45) is 0 Å². The predicted molar refractivity (Wildman–Crippen MR) is 117 cm³/mol. The number of amides is 1. The van der Waals surface area contributed by atoms with Crippen LogP contribution in [0.15, 0.2) is 46.9 Å². The molecule has 1 amide bonds. The Bertz CT molecular complexity index is 1040. The third-order valence-electron chi connectivity index (χ3n) is 5.91. The molecule has 4 rings (SSSR count). The fourth-order valence-electron chi connectivity index (χ4n) is 4.27. The Morgan fingerprint density at radius 2 is 1.90 bits per heavy atom. The van der Waals surface area contributed by atoms with Gasteiger partial charge >= 0.3 is 0 Å². The van der Waals surface area contributed by atoms with E-state index in [-0.39, 0.29) is 23.5 Å². The molecular weight excluding hydrogens is 403 g/mol. The van der Waals surface area contributed by atoms with Gasteiger partial charge in [-0.1, -0.05) is 42.6 Å². The largest absolute Gasteiger partial charge is 0.451 e. The highest BCUT2D eigenvalue weighted by atomic mass is 35.5. The minimum absolute atomic E-state index is 0.0112. The Morgan fingerprint density at radius 1 is 1.17 bits per heavy atom. The molecule has 1 N–H and O–H groups in total. The number of furan rings is 1. The van der Waals surface area contributed by atoms with Crippen LogP contribution in [0, 0.1) is 12.7 Å². The highest BCUT2D eigenvalue weighted by molar-refractivity contribution is 6.31. The van der Waals surface area contributed by atoms with E-state index >= 15 is 0 Å². The summed E-state index contributed by atoms with van der Waals surface area (Å²) in [5.74, 6) is -0.418. The monoisotopic (exact) mass is 428 g/mol. The Morgan fingerprint density at radius 3 is 2.63 bits per heavy atom. The van der Waals surface area contributed by atoms with Crippen molar-refractivity contribution in [3.63, 3.8) is 0 Å². The molecule has 1 fully saturated rings. The smallest absolute Gasteiger partial charge is 0.287 e. The summed E-state index contributed by atoms with van der Waals surface area (Å²) >= 11 is 6.51. The summed E-state index contributed by atoms with van der Waals surface area (Å²) in [5, 5.41) is 4.36.